The van der Waals surface area contributed by atoms with Crippen LogP contribution in [-0.4, -0.2) is 56.2 Å². The van der Waals surface area contributed by atoms with E-state index in [-0.39, 0.29) is 18.4 Å². The Kier molecular flexibility index (Phi) is 7.19. The maximum Gasteiger partial charge on any atom is 0.317 e. The summed E-state index contributed by atoms with van der Waals surface area (Å²) in [7, 11) is 0. The average molecular weight is 416 g/mol. The number of aliphatic imine (C=N–C) groups is 1. The molecular formula is C21H26ClN5O2. The summed E-state index contributed by atoms with van der Waals surface area (Å²) in [5.41, 5.74) is 3.52. The van der Waals surface area contributed by atoms with E-state index in [1.54, 1.807) is 4.90 Å². The number of benzene rings is 2. The molecule has 2 aliphatic rings. The second-order valence-electron chi connectivity index (χ2n) is 6.87. The zero-order valence-corrected chi connectivity index (χ0v) is 17.0. The molecule has 2 heterocycles. The van der Waals surface area contributed by atoms with Gasteiger partial charge in [0.2, 0.25) is 0 Å². The summed E-state index contributed by atoms with van der Waals surface area (Å²) in [6.45, 7) is 4.30. The lowest BCUT2D eigenvalue weighted by Crippen LogP contribution is -2.31. The number of hydrogen-bond acceptors (Lipinski definition) is 5. The Morgan fingerprint density at radius 1 is 1.00 bits per heavy atom. The maximum absolute atomic E-state index is 11.5. The predicted octanol–water partition coefficient (Wildman–Crippen LogP) is 2.47. The molecule has 0 radical (unpaired) electrons. The smallest absolute Gasteiger partial charge is 0.317 e. The minimum atomic E-state index is -0.00680. The minimum Gasteiger partial charge on any atom is -0.492 e. The van der Waals surface area contributed by atoms with Gasteiger partial charge in [0.05, 0.1) is 13.1 Å². The highest BCUT2D eigenvalue weighted by atomic mass is 35.5. The molecule has 4 rings (SSSR count). The SMILES string of the molecule is Cl.O=C1NCCN1CCOc1ccc(Cc2ccc(NC3=NCCN3)cc2)cc1. The third-order valence-electron chi connectivity index (χ3n) is 4.80. The Morgan fingerprint density at radius 2 is 1.72 bits per heavy atom. The molecule has 1 saturated heterocycles. The summed E-state index contributed by atoms with van der Waals surface area (Å²) in [6, 6.07) is 16.5. The van der Waals surface area contributed by atoms with Gasteiger partial charge in [-0.1, -0.05) is 24.3 Å². The van der Waals surface area contributed by atoms with E-state index in [0.717, 1.165) is 50.0 Å². The number of hydrogen-bond donors (Lipinski definition) is 3. The molecule has 0 saturated carbocycles. The van der Waals surface area contributed by atoms with E-state index in [2.05, 4.69) is 57.3 Å². The van der Waals surface area contributed by atoms with Crippen LogP contribution in [0.4, 0.5) is 10.5 Å². The van der Waals surface area contributed by atoms with E-state index < -0.39 is 0 Å². The highest BCUT2D eigenvalue weighted by molar-refractivity contribution is 5.94. The van der Waals surface area contributed by atoms with E-state index in [4.69, 9.17) is 4.74 Å². The van der Waals surface area contributed by atoms with Crippen LogP contribution in [0.1, 0.15) is 11.1 Å². The summed E-state index contributed by atoms with van der Waals surface area (Å²) in [4.78, 5) is 17.6. The van der Waals surface area contributed by atoms with Gasteiger partial charge in [0.15, 0.2) is 5.96 Å². The molecule has 0 atom stereocenters. The monoisotopic (exact) mass is 415 g/mol. The van der Waals surface area contributed by atoms with Gasteiger partial charge in [-0.2, -0.15) is 0 Å². The molecule has 2 aromatic carbocycles. The van der Waals surface area contributed by atoms with Crippen LogP contribution in [0.2, 0.25) is 0 Å². The van der Waals surface area contributed by atoms with Gasteiger partial charge in [-0.3, -0.25) is 4.99 Å². The number of anilines is 1. The third-order valence-corrected chi connectivity index (χ3v) is 4.80. The van der Waals surface area contributed by atoms with Gasteiger partial charge in [-0.25, -0.2) is 4.79 Å². The molecule has 1 fully saturated rings. The molecule has 0 aliphatic carbocycles. The number of guanidine groups is 1. The summed E-state index contributed by atoms with van der Waals surface area (Å²) >= 11 is 0. The van der Waals surface area contributed by atoms with Gasteiger partial charge < -0.3 is 25.6 Å². The van der Waals surface area contributed by atoms with Crippen LogP contribution in [0.3, 0.4) is 0 Å². The maximum atomic E-state index is 11.5. The third kappa shape index (κ3) is 5.77. The summed E-state index contributed by atoms with van der Waals surface area (Å²) < 4.78 is 5.75. The van der Waals surface area contributed by atoms with Crippen LogP contribution in [0.5, 0.6) is 5.75 Å². The molecule has 2 aromatic rings. The van der Waals surface area contributed by atoms with Crippen molar-refractivity contribution in [3.63, 3.8) is 0 Å². The average Bonchev–Trinajstić information content (AvgIpc) is 3.37. The molecule has 8 heteroatoms. The largest absolute Gasteiger partial charge is 0.492 e. The van der Waals surface area contributed by atoms with Crippen LogP contribution in [0, 0.1) is 0 Å². The lowest BCUT2D eigenvalue weighted by molar-refractivity contribution is 0.202. The Morgan fingerprint density at radius 3 is 2.34 bits per heavy atom. The highest BCUT2D eigenvalue weighted by Crippen LogP contribution is 2.17. The van der Waals surface area contributed by atoms with Crippen LogP contribution < -0.4 is 20.7 Å². The zero-order valence-electron chi connectivity index (χ0n) is 16.2. The zero-order chi connectivity index (χ0) is 19.2. The van der Waals surface area contributed by atoms with Crippen molar-refractivity contribution in [2.45, 2.75) is 6.42 Å². The lowest BCUT2D eigenvalue weighted by Gasteiger charge is -2.14. The van der Waals surface area contributed by atoms with Gasteiger partial charge >= 0.3 is 6.03 Å². The van der Waals surface area contributed by atoms with Crippen molar-refractivity contribution in [2.24, 2.45) is 4.99 Å². The topological polar surface area (TPSA) is 78.0 Å². The van der Waals surface area contributed by atoms with Crippen molar-refractivity contribution in [3.8, 4) is 5.75 Å². The summed E-state index contributed by atoms with van der Waals surface area (Å²) in [5.74, 6) is 1.67. The molecule has 0 spiro atoms. The van der Waals surface area contributed by atoms with E-state index in [1.165, 1.54) is 11.1 Å². The van der Waals surface area contributed by atoms with E-state index in [1.807, 2.05) is 12.1 Å². The van der Waals surface area contributed by atoms with Crippen molar-refractivity contribution < 1.29 is 9.53 Å². The van der Waals surface area contributed by atoms with Crippen molar-refractivity contribution in [1.82, 2.24) is 15.5 Å². The summed E-state index contributed by atoms with van der Waals surface area (Å²) in [5, 5.41) is 9.27. The van der Waals surface area contributed by atoms with Crippen LogP contribution >= 0.6 is 12.4 Å². The second-order valence-corrected chi connectivity index (χ2v) is 6.87. The number of rotatable bonds is 7. The number of urea groups is 1. The number of nitrogens with zero attached hydrogens (tertiary/aromatic N) is 2. The number of amides is 2. The van der Waals surface area contributed by atoms with Crippen LogP contribution in [0.25, 0.3) is 0 Å². The Balaban J connectivity index is 0.00000240. The molecule has 0 aromatic heterocycles. The fourth-order valence-electron chi connectivity index (χ4n) is 3.26. The van der Waals surface area contributed by atoms with Crippen molar-refractivity contribution in [3.05, 3.63) is 59.7 Å². The van der Waals surface area contributed by atoms with Crippen LogP contribution in [0.15, 0.2) is 53.5 Å². The minimum absolute atomic E-state index is 0. The van der Waals surface area contributed by atoms with Crippen LogP contribution in [-0.2, 0) is 6.42 Å². The molecule has 2 aliphatic heterocycles. The van der Waals surface area contributed by atoms with Gasteiger partial charge in [0, 0.05) is 25.3 Å². The predicted molar refractivity (Wildman–Crippen MR) is 117 cm³/mol. The Labute approximate surface area is 176 Å². The number of carbonyl (C=O) groups is 1. The quantitative estimate of drug-likeness (QED) is 0.649. The first-order chi connectivity index (χ1) is 13.8. The molecule has 0 unspecified atom stereocenters. The first kappa shape index (κ1) is 20.8. The normalized spacial score (nSPS) is 15.2. The molecule has 0 bridgehead atoms. The van der Waals surface area contributed by atoms with Gasteiger partial charge in [-0.05, 0) is 41.8 Å². The fourth-order valence-corrected chi connectivity index (χ4v) is 3.26. The number of nitrogens with one attached hydrogen (secondary N) is 3. The number of carbonyl (C=O) groups excluding carboxylic acids is 1. The van der Waals surface area contributed by atoms with E-state index in [9.17, 15) is 4.79 Å². The fraction of sp³-hybridized carbons (Fsp3) is 0.333. The molecule has 2 amide bonds. The van der Waals surface area contributed by atoms with Gasteiger partial charge in [0.25, 0.3) is 0 Å². The first-order valence-electron chi connectivity index (χ1n) is 9.65. The number of ether oxygens (including phenoxy) is 1. The van der Waals surface area contributed by atoms with Crippen molar-refractivity contribution in [2.75, 3.05) is 44.6 Å². The second kappa shape index (κ2) is 10.0. The van der Waals surface area contributed by atoms with E-state index in [0.29, 0.717) is 13.2 Å². The standard InChI is InChI=1S/C21H25N5O2.ClH/c27-21-24-11-12-26(21)13-14-28-19-7-3-17(4-8-19)15-16-1-5-18(6-2-16)25-20-22-9-10-23-20;/h1-8H,9-15H2,(H,24,27)(H2,22,23,25);1H. The molecule has 154 valence electrons. The Bertz CT molecular complexity index is 839. The van der Waals surface area contributed by atoms with E-state index >= 15 is 0 Å². The van der Waals surface area contributed by atoms with Gasteiger partial charge in [-0.15, -0.1) is 12.4 Å². The molecular weight excluding hydrogens is 390 g/mol. The van der Waals surface area contributed by atoms with Gasteiger partial charge in [0.1, 0.15) is 12.4 Å². The van der Waals surface area contributed by atoms with Crippen molar-refractivity contribution >= 4 is 30.1 Å². The molecule has 3 N–H and O–H groups in total. The molecule has 7 nitrogen and oxygen atoms in total. The summed E-state index contributed by atoms with van der Waals surface area (Å²) in [6.07, 6.45) is 0.869. The van der Waals surface area contributed by atoms with Crippen molar-refractivity contribution in [1.29, 1.82) is 0 Å². The Hall–Kier alpha value is -2.93. The lowest BCUT2D eigenvalue weighted by atomic mass is 10.0. The highest BCUT2D eigenvalue weighted by Gasteiger charge is 2.18. The first-order valence-corrected chi connectivity index (χ1v) is 9.65. The molecule has 29 heavy (non-hydrogen) atoms. The number of halogens is 1.